The molecule has 0 saturated carbocycles. The van der Waals surface area contributed by atoms with Gasteiger partial charge in [-0.2, -0.15) is 5.10 Å². The van der Waals surface area contributed by atoms with E-state index in [4.69, 9.17) is 0 Å². The lowest BCUT2D eigenvalue weighted by Gasteiger charge is -2.17. The Morgan fingerprint density at radius 3 is 2.75 bits per heavy atom. The molecular formula is C14H18N4OS. The Bertz CT molecular complexity index is 575. The molecule has 1 aromatic carbocycles. The molecule has 0 fully saturated rings. The molecule has 20 heavy (non-hydrogen) atoms. The van der Waals surface area contributed by atoms with Gasteiger partial charge in [-0.05, 0) is 12.1 Å². The summed E-state index contributed by atoms with van der Waals surface area (Å²) in [5, 5.41) is 7.01. The van der Waals surface area contributed by atoms with Crippen LogP contribution >= 0.6 is 11.8 Å². The van der Waals surface area contributed by atoms with Crippen molar-refractivity contribution in [3.8, 4) is 5.69 Å². The van der Waals surface area contributed by atoms with Crippen LogP contribution in [0.25, 0.3) is 5.69 Å². The number of carbonyl (C=O) groups excluding carboxylic acids is 1. The van der Waals surface area contributed by atoms with Crippen LogP contribution in [0, 0.1) is 0 Å². The van der Waals surface area contributed by atoms with Crippen LogP contribution in [-0.2, 0) is 4.79 Å². The van der Waals surface area contributed by atoms with Crippen LogP contribution in [0.3, 0.4) is 0 Å². The molecule has 0 aliphatic carbocycles. The van der Waals surface area contributed by atoms with Gasteiger partial charge < -0.3 is 5.32 Å². The highest BCUT2D eigenvalue weighted by molar-refractivity contribution is 8.01. The van der Waals surface area contributed by atoms with Gasteiger partial charge in [0.05, 0.1) is 17.1 Å². The second-order valence-electron chi connectivity index (χ2n) is 5.31. The predicted molar refractivity (Wildman–Crippen MR) is 82.2 cm³/mol. The average molecular weight is 290 g/mol. The van der Waals surface area contributed by atoms with Crippen molar-refractivity contribution in [3.63, 3.8) is 0 Å². The molecule has 106 valence electrons. The van der Waals surface area contributed by atoms with Crippen molar-refractivity contribution in [2.75, 3.05) is 11.1 Å². The van der Waals surface area contributed by atoms with Gasteiger partial charge >= 0.3 is 0 Å². The molecular weight excluding hydrogens is 272 g/mol. The van der Waals surface area contributed by atoms with Crippen molar-refractivity contribution in [2.45, 2.75) is 25.5 Å². The summed E-state index contributed by atoms with van der Waals surface area (Å²) in [7, 11) is 0. The number of carbonyl (C=O) groups is 1. The summed E-state index contributed by atoms with van der Waals surface area (Å²) in [5.41, 5.74) is 1.54. The van der Waals surface area contributed by atoms with E-state index < -0.39 is 0 Å². The van der Waals surface area contributed by atoms with E-state index in [2.05, 4.69) is 36.2 Å². The van der Waals surface area contributed by atoms with E-state index in [1.807, 2.05) is 24.3 Å². The highest BCUT2D eigenvalue weighted by atomic mass is 32.2. The van der Waals surface area contributed by atoms with Gasteiger partial charge in [0.1, 0.15) is 12.7 Å². The van der Waals surface area contributed by atoms with Crippen molar-refractivity contribution >= 4 is 23.4 Å². The van der Waals surface area contributed by atoms with Crippen LogP contribution < -0.4 is 5.32 Å². The summed E-state index contributed by atoms with van der Waals surface area (Å²) in [5.74, 6) is 0.410. The minimum absolute atomic E-state index is 0.0162. The third kappa shape index (κ3) is 4.09. The maximum atomic E-state index is 12.0. The number of benzene rings is 1. The number of thioether (sulfide) groups is 1. The monoisotopic (exact) mass is 290 g/mol. The Morgan fingerprint density at radius 1 is 1.35 bits per heavy atom. The second kappa shape index (κ2) is 6.09. The van der Waals surface area contributed by atoms with Crippen molar-refractivity contribution in [2.24, 2.45) is 0 Å². The highest BCUT2D eigenvalue weighted by Crippen LogP contribution is 2.24. The van der Waals surface area contributed by atoms with Gasteiger partial charge in [-0.15, -0.1) is 11.8 Å². The smallest absolute Gasteiger partial charge is 0.234 e. The maximum absolute atomic E-state index is 12.0. The molecule has 1 heterocycles. The van der Waals surface area contributed by atoms with E-state index in [9.17, 15) is 4.79 Å². The fourth-order valence-corrected chi connectivity index (χ4v) is 2.22. The van der Waals surface area contributed by atoms with Gasteiger partial charge in [-0.3, -0.25) is 4.79 Å². The molecule has 0 bridgehead atoms. The molecule has 0 saturated heterocycles. The van der Waals surface area contributed by atoms with Gasteiger partial charge in [0.25, 0.3) is 0 Å². The first-order chi connectivity index (χ1) is 9.46. The van der Waals surface area contributed by atoms with Gasteiger partial charge in [0, 0.05) is 4.75 Å². The number of para-hydroxylation sites is 2. The topological polar surface area (TPSA) is 59.8 Å². The first-order valence-corrected chi connectivity index (χ1v) is 7.32. The zero-order valence-corrected chi connectivity index (χ0v) is 12.6. The normalized spacial score (nSPS) is 11.3. The van der Waals surface area contributed by atoms with Crippen molar-refractivity contribution in [1.82, 2.24) is 14.8 Å². The third-order valence-corrected chi connectivity index (χ3v) is 3.75. The average Bonchev–Trinajstić information content (AvgIpc) is 2.90. The van der Waals surface area contributed by atoms with E-state index in [-0.39, 0.29) is 10.7 Å². The van der Waals surface area contributed by atoms with Crippen LogP contribution in [-0.4, -0.2) is 31.2 Å². The first kappa shape index (κ1) is 14.6. The number of amides is 1. The second-order valence-corrected chi connectivity index (χ2v) is 7.11. The molecule has 5 nitrogen and oxygen atoms in total. The zero-order valence-electron chi connectivity index (χ0n) is 11.8. The van der Waals surface area contributed by atoms with E-state index in [1.54, 1.807) is 22.8 Å². The lowest BCUT2D eigenvalue weighted by Crippen LogP contribution is -2.19. The highest BCUT2D eigenvalue weighted by Gasteiger charge is 2.14. The molecule has 0 radical (unpaired) electrons. The Hall–Kier alpha value is -1.82. The quantitative estimate of drug-likeness (QED) is 0.940. The van der Waals surface area contributed by atoms with Gasteiger partial charge in [0.15, 0.2) is 0 Å². The molecule has 0 aliphatic rings. The summed E-state index contributed by atoms with van der Waals surface area (Å²) in [6.45, 7) is 6.27. The van der Waals surface area contributed by atoms with Crippen LogP contribution in [0.2, 0.25) is 0 Å². The summed E-state index contributed by atoms with van der Waals surface area (Å²) in [4.78, 5) is 15.9. The standard InChI is InChI=1S/C14H18N4OS/c1-14(2,3)20-8-13(19)17-11-6-4-5-7-12(11)18-10-15-9-16-18/h4-7,9-10H,8H2,1-3H3,(H,17,19). The van der Waals surface area contributed by atoms with E-state index >= 15 is 0 Å². The van der Waals surface area contributed by atoms with Crippen LogP contribution in [0.5, 0.6) is 0 Å². The Labute approximate surface area is 122 Å². The molecule has 1 N–H and O–H groups in total. The molecule has 2 aromatic rings. The van der Waals surface area contributed by atoms with E-state index in [0.29, 0.717) is 5.75 Å². The molecule has 6 heteroatoms. The van der Waals surface area contributed by atoms with Gasteiger partial charge in [0.2, 0.25) is 5.91 Å². The lowest BCUT2D eigenvalue weighted by molar-refractivity contribution is -0.113. The van der Waals surface area contributed by atoms with Crippen LogP contribution in [0.1, 0.15) is 20.8 Å². The Balaban J connectivity index is 2.08. The summed E-state index contributed by atoms with van der Waals surface area (Å²) < 4.78 is 1.70. The number of rotatable bonds is 4. The molecule has 1 amide bonds. The third-order valence-electron chi connectivity index (χ3n) is 2.48. The number of hydrogen-bond donors (Lipinski definition) is 1. The SMILES string of the molecule is CC(C)(C)SCC(=O)Nc1ccccc1-n1cncn1. The number of nitrogens with one attached hydrogen (secondary N) is 1. The Kier molecular flexibility index (Phi) is 4.44. The Morgan fingerprint density at radius 2 is 2.10 bits per heavy atom. The van der Waals surface area contributed by atoms with Crippen LogP contribution in [0.4, 0.5) is 5.69 Å². The molecule has 0 spiro atoms. The minimum Gasteiger partial charge on any atom is -0.323 e. The fraction of sp³-hybridized carbons (Fsp3) is 0.357. The largest absolute Gasteiger partial charge is 0.323 e. The molecule has 2 rings (SSSR count). The number of aromatic nitrogens is 3. The fourth-order valence-electron chi connectivity index (χ4n) is 1.58. The van der Waals surface area contributed by atoms with Gasteiger partial charge in [-0.25, -0.2) is 9.67 Å². The molecule has 0 unspecified atom stereocenters. The summed E-state index contributed by atoms with van der Waals surface area (Å²) in [6.07, 6.45) is 3.07. The van der Waals surface area contributed by atoms with Crippen molar-refractivity contribution in [3.05, 3.63) is 36.9 Å². The molecule has 1 aromatic heterocycles. The predicted octanol–water partition coefficient (Wildman–Crippen LogP) is 2.74. The molecule has 0 aliphatic heterocycles. The minimum atomic E-state index is -0.0162. The maximum Gasteiger partial charge on any atom is 0.234 e. The molecule has 0 atom stereocenters. The number of nitrogens with zero attached hydrogens (tertiary/aromatic N) is 3. The first-order valence-electron chi connectivity index (χ1n) is 6.33. The van der Waals surface area contributed by atoms with E-state index in [1.165, 1.54) is 6.33 Å². The van der Waals surface area contributed by atoms with E-state index in [0.717, 1.165) is 11.4 Å². The van der Waals surface area contributed by atoms with Crippen molar-refractivity contribution in [1.29, 1.82) is 0 Å². The zero-order chi connectivity index (χ0) is 14.6. The lowest BCUT2D eigenvalue weighted by atomic mass is 10.2. The number of anilines is 1. The van der Waals surface area contributed by atoms with Crippen molar-refractivity contribution < 1.29 is 4.79 Å². The number of hydrogen-bond acceptors (Lipinski definition) is 4. The van der Waals surface area contributed by atoms with Gasteiger partial charge in [-0.1, -0.05) is 32.9 Å². The van der Waals surface area contributed by atoms with Crippen LogP contribution in [0.15, 0.2) is 36.9 Å². The summed E-state index contributed by atoms with van der Waals surface area (Å²) >= 11 is 1.62. The summed E-state index contributed by atoms with van der Waals surface area (Å²) in [6, 6.07) is 7.53.